The van der Waals surface area contributed by atoms with Crippen LogP contribution in [-0.4, -0.2) is 28.5 Å². The monoisotopic (exact) mass is 380 g/mol. The third kappa shape index (κ3) is 3.43. The van der Waals surface area contributed by atoms with Gasteiger partial charge in [-0.05, 0) is 29.3 Å². The van der Waals surface area contributed by atoms with Crippen LogP contribution >= 0.6 is 0 Å². The molecule has 7 nitrogen and oxygen atoms in total. The highest BCUT2D eigenvalue weighted by Crippen LogP contribution is 2.21. The van der Waals surface area contributed by atoms with Gasteiger partial charge in [-0.3, -0.25) is 18.7 Å². The molecule has 0 bridgehead atoms. The predicted molar refractivity (Wildman–Crippen MR) is 112 cm³/mol. The Labute approximate surface area is 162 Å². The number of carbonyl (C=O) groups excluding carboxylic acids is 1. The summed E-state index contributed by atoms with van der Waals surface area (Å²) >= 11 is 0. The van der Waals surface area contributed by atoms with Crippen LogP contribution in [0.15, 0.2) is 52.1 Å². The molecule has 146 valence electrons. The average molecular weight is 380 g/mol. The number of rotatable bonds is 6. The summed E-state index contributed by atoms with van der Waals surface area (Å²) in [5.74, 6) is -0.481. The first kappa shape index (κ1) is 19.4. The number of nitrogen functional groups attached to an aromatic ring is 1. The fraction of sp³-hybridized carbons (Fsp3) is 0.286. The summed E-state index contributed by atoms with van der Waals surface area (Å²) < 4.78 is 2.22. The number of likely N-dealkylation sites (N-methyl/N-ethyl adjacent to an activating group) is 1. The number of carbonyl (C=O) groups is 1. The quantitative estimate of drug-likeness (QED) is 0.661. The Kier molecular flexibility index (Phi) is 5.35. The van der Waals surface area contributed by atoms with Gasteiger partial charge >= 0.3 is 5.69 Å². The van der Waals surface area contributed by atoms with Gasteiger partial charge in [-0.2, -0.15) is 0 Å². The van der Waals surface area contributed by atoms with E-state index >= 15 is 0 Å². The van der Waals surface area contributed by atoms with E-state index in [-0.39, 0.29) is 17.9 Å². The van der Waals surface area contributed by atoms with Gasteiger partial charge in [0.15, 0.2) is 5.78 Å². The molecule has 28 heavy (non-hydrogen) atoms. The number of benzene rings is 2. The molecular formula is C21H24N4O3. The predicted octanol–water partition coefficient (Wildman–Crippen LogP) is 2.01. The number of anilines is 2. The summed E-state index contributed by atoms with van der Waals surface area (Å²) in [5.41, 5.74) is 5.58. The highest BCUT2D eigenvalue weighted by atomic mass is 16.2. The van der Waals surface area contributed by atoms with E-state index in [1.54, 1.807) is 11.9 Å². The van der Waals surface area contributed by atoms with Gasteiger partial charge in [-0.15, -0.1) is 0 Å². The first-order valence-corrected chi connectivity index (χ1v) is 9.17. The van der Waals surface area contributed by atoms with Gasteiger partial charge in [-0.25, -0.2) is 4.79 Å². The van der Waals surface area contributed by atoms with E-state index in [4.69, 9.17) is 5.73 Å². The molecule has 0 aliphatic rings. The van der Waals surface area contributed by atoms with Crippen LogP contribution < -0.4 is 21.9 Å². The smallest absolute Gasteiger partial charge is 0.332 e. The molecule has 2 N–H and O–H groups in total. The number of nitrogens with two attached hydrogens (primary N) is 1. The second kappa shape index (κ2) is 7.72. The van der Waals surface area contributed by atoms with Crippen molar-refractivity contribution in [3.63, 3.8) is 0 Å². The molecule has 0 aliphatic heterocycles. The molecule has 0 amide bonds. The van der Waals surface area contributed by atoms with Crippen molar-refractivity contribution in [2.24, 2.45) is 7.05 Å². The largest absolute Gasteiger partial charge is 0.384 e. The Bertz CT molecular complexity index is 1160. The topological polar surface area (TPSA) is 90.3 Å². The van der Waals surface area contributed by atoms with Crippen molar-refractivity contribution < 1.29 is 4.79 Å². The lowest BCUT2D eigenvalue weighted by molar-refractivity contribution is 0.0998. The van der Waals surface area contributed by atoms with E-state index in [1.807, 2.05) is 49.4 Å². The Morgan fingerprint density at radius 3 is 2.46 bits per heavy atom. The van der Waals surface area contributed by atoms with Gasteiger partial charge in [0.05, 0.1) is 6.54 Å². The summed E-state index contributed by atoms with van der Waals surface area (Å²) in [7, 11) is 3.14. The van der Waals surface area contributed by atoms with Crippen molar-refractivity contribution in [2.45, 2.75) is 19.9 Å². The molecule has 0 unspecified atom stereocenters. The van der Waals surface area contributed by atoms with E-state index in [2.05, 4.69) is 0 Å². The van der Waals surface area contributed by atoms with E-state index in [1.165, 1.54) is 11.6 Å². The summed E-state index contributed by atoms with van der Waals surface area (Å²) in [5, 5.41) is 2.17. The van der Waals surface area contributed by atoms with Gasteiger partial charge in [0.25, 0.3) is 5.56 Å². The van der Waals surface area contributed by atoms with Gasteiger partial charge in [-0.1, -0.05) is 37.3 Å². The van der Waals surface area contributed by atoms with E-state index in [0.29, 0.717) is 13.0 Å². The summed E-state index contributed by atoms with van der Waals surface area (Å²) in [4.78, 5) is 39.5. The molecule has 0 atom stereocenters. The van der Waals surface area contributed by atoms with Crippen molar-refractivity contribution in [3.05, 3.63) is 68.9 Å². The molecular weight excluding hydrogens is 356 g/mol. The van der Waals surface area contributed by atoms with Gasteiger partial charge in [0, 0.05) is 26.3 Å². The number of Topliss-reactive ketones (excluding diaryl/α,β-unsaturated/α-hetero) is 1. The molecule has 1 heterocycles. The number of nitrogens with zero attached hydrogens (tertiary/aromatic N) is 3. The lowest BCUT2D eigenvalue weighted by atomic mass is 10.1. The van der Waals surface area contributed by atoms with Crippen molar-refractivity contribution in [1.29, 1.82) is 0 Å². The molecule has 0 spiro atoms. The van der Waals surface area contributed by atoms with Crippen molar-refractivity contribution in [3.8, 4) is 0 Å². The lowest BCUT2D eigenvalue weighted by Crippen LogP contribution is -2.44. The van der Waals surface area contributed by atoms with Crippen molar-refractivity contribution >= 4 is 28.1 Å². The van der Waals surface area contributed by atoms with Gasteiger partial charge in [0.2, 0.25) is 0 Å². The first-order chi connectivity index (χ1) is 13.3. The third-order valence-corrected chi connectivity index (χ3v) is 4.86. The van der Waals surface area contributed by atoms with Crippen LogP contribution in [0.3, 0.4) is 0 Å². The summed E-state index contributed by atoms with van der Waals surface area (Å²) in [6.45, 7) is 2.22. The zero-order chi connectivity index (χ0) is 20.4. The molecule has 1 aromatic heterocycles. The van der Waals surface area contributed by atoms with Crippen LogP contribution in [0, 0.1) is 0 Å². The molecule has 3 rings (SSSR count). The minimum Gasteiger partial charge on any atom is -0.384 e. The van der Waals surface area contributed by atoms with Crippen molar-refractivity contribution in [1.82, 2.24) is 9.13 Å². The van der Waals surface area contributed by atoms with Crippen LogP contribution in [0.5, 0.6) is 0 Å². The number of hydrogen-bond acceptors (Lipinski definition) is 5. The maximum Gasteiger partial charge on any atom is 0.332 e. The van der Waals surface area contributed by atoms with Crippen molar-refractivity contribution in [2.75, 3.05) is 24.2 Å². The third-order valence-electron chi connectivity index (χ3n) is 4.86. The maximum absolute atomic E-state index is 12.9. The summed E-state index contributed by atoms with van der Waals surface area (Å²) in [6, 6.07) is 13.9. The highest BCUT2D eigenvalue weighted by molar-refractivity contribution is 6.02. The second-order valence-corrected chi connectivity index (χ2v) is 6.87. The minimum atomic E-state index is -0.660. The number of aromatic nitrogens is 2. The maximum atomic E-state index is 12.9. The standard InChI is InChI=1S/C21H24N4O3/c1-4-11-25-19(22)18(20(27)24(3)21(25)28)17(26)13-23(2)16-10-9-14-7-5-6-8-15(14)12-16/h5-10,12H,4,11,13,22H2,1-3H3. The molecule has 0 saturated carbocycles. The van der Waals surface area contributed by atoms with Gasteiger partial charge in [0.1, 0.15) is 11.4 Å². The number of hydrogen-bond donors (Lipinski definition) is 1. The second-order valence-electron chi connectivity index (χ2n) is 6.87. The van der Waals surface area contributed by atoms with Crippen LogP contribution in [0.1, 0.15) is 23.7 Å². The van der Waals surface area contributed by atoms with E-state index in [9.17, 15) is 14.4 Å². The molecule has 0 aliphatic carbocycles. The van der Waals surface area contributed by atoms with Crippen LogP contribution in [0.2, 0.25) is 0 Å². The van der Waals surface area contributed by atoms with Gasteiger partial charge < -0.3 is 10.6 Å². The Balaban J connectivity index is 1.95. The SMILES string of the molecule is CCCn1c(N)c(C(=O)CN(C)c2ccc3ccccc3c2)c(=O)n(C)c1=O. The number of ketones is 1. The van der Waals surface area contributed by atoms with E-state index in [0.717, 1.165) is 21.0 Å². The molecule has 7 heteroatoms. The fourth-order valence-corrected chi connectivity index (χ4v) is 3.28. The molecule has 0 saturated heterocycles. The van der Waals surface area contributed by atoms with Crippen LogP contribution in [0.4, 0.5) is 11.5 Å². The lowest BCUT2D eigenvalue weighted by Gasteiger charge is -2.20. The molecule has 0 fully saturated rings. The minimum absolute atomic E-state index is 0.0257. The fourth-order valence-electron chi connectivity index (χ4n) is 3.28. The number of fused-ring (bicyclic) bond motifs is 1. The molecule has 2 aromatic carbocycles. The molecule has 0 radical (unpaired) electrons. The Hall–Kier alpha value is -3.35. The van der Waals surface area contributed by atoms with Crippen LogP contribution in [0.25, 0.3) is 10.8 Å². The zero-order valence-corrected chi connectivity index (χ0v) is 16.3. The highest BCUT2D eigenvalue weighted by Gasteiger charge is 2.22. The van der Waals surface area contributed by atoms with Crippen LogP contribution in [-0.2, 0) is 13.6 Å². The average Bonchev–Trinajstić information content (AvgIpc) is 2.69. The van der Waals surface area contributed by atoms with E-state index < -0.39 is 17.0 Å². The molecule has 3 aromatic rings. The Morgan fingerprint density at radius 2 is 1.79 bits per heavy atom. The Morgan fingerprint density at radius 1 is 1.11 bits per heavy atom. The zero-order valence-electron chi connectivity index (χ0n) is 16.3. The summed E-state index contributed by atoms with van der Waals surface area (Å²) in [6.07, 6.45) is 0.660. The normalized spacial score (nSPS) is 11.0. The first-order valence-electron chi connectivity index (χ1n) is 9.17.